The molecule has 0 bridgehead atoms. The van der Waals surface area contributed by atoms with Gasteiger partial charge in [0, 0.05) is 23.7 Å². The summed E-state index contributed by atoms with van der Waals surface area (Å²) in [5, 5.41) is 20.6. The first-order chi connectivity index (χ1) is 15.3. The van der Waals surface area contributed by atoms with E-state index in [1.807, 2.05) is 30.5 Å². The number of aliphatic hydroxyl groups is 2. The van der Waals surface area contributed by atoms with Crippen LogP contribution in [0, 0.1) is 5.82 Å². The molecule has 0 amide bonds. The van der Waals surface area contributed by atoms with Crippen molar-refractivity contribution in [3.63, 3.8) is 0 Å². The first-order valence-electron chi connectivity index (χ1n) is 10.9. The van der Waals surface area contributed by atoms with Crippen molar-refractivity contribution >= 4 is 17.6 Å². The van der Waals surface area contributed by atoms with E-state index in [1.165, 1.54) is 12.1 Å². The van der Waals surface area contributed by atoms with Crippen molar-refractivity contribution in [3.05, 3.63) is 71.7 Å². The SMILES string of the molecule is CCOC(=O)CC(O)CC(O)C=Cc1c(C(C)C)c2ccccn2c1-c1ccc(F)cc1. The highest BCUT2D eigenvalue weighted by molar-refractivity contribution is 5.83. The molecule has 2 heterocycles. The van der Waals surface area contributed by atoms with Crippen LogP contribution in [0.25, 0.3) is 22.9 Å². The number of rotatable bonds is 9. The van der Waals surface area contributed by atoms with Crippen LogP contribution in [-0.4, -0.2) is 39.4 Å². The monoisotopic (exact) mass is 439 g/mol. The normalized spacial score (nSPS) is 13.7. The lowest BCUT2D eigenvalue weighted by Crippen LogP contribution is -2.20. The molecule has 2 aromatic heterocycles. The van der Waals surface area contributed by atoms with E-state index in [0.717, 1.165) is 27.9 Å². The van der Waals surface area contributed by atoms with Gasteiger partial charge >= 0.3 is 5.97 Å². The molecule has 0 spiro atoms. The number of nitrogens with zero attached hydrogens (tertiary/aromatic N) is 1. The van der Waals surface area contributed by atoms with Gasteiger partial charge < -0.3 is 19.4 Å². The Morgan fingerprint density at radius 1 is 1.16 bits per heavy atom. The molecule has 0 aliphatic rings. The molecular formula is C26H30FNO4. The average Bonchev–Trinajstić information content (AvgIpc) is 3.07. The number of hydrogen-bond acceptors (Lipinski definition) is 4. The standard InChI is InChI=1S/C26H30FNO4/c1-4-32-24(31)16-21(30)15-20(29)12-13-22-25(17(2)3)23-7-5-6-14-28(23)26(22)18-8-10-19(27)11-9-18/h5-14,17,20-21,29-30H,4,15-16H2,1-3H3. The molecule has 2 unspecified atom stereocenters. The Morgan fingerprint density at radius 2 is 1.88 bits per heavy atom. The number of carbonyl (C=O) groups excluding carboxylic acids is 1. The van der Waals surface area contributed by atoms with Crippen LogP contribution in [0.1, 0.15) is 50.7 Å². The maximum Gasteiger partial charge on any atom is 0.308 e. The van der Waals surface area contributed by atoms with Crippen LogP contribution in [0.5, 0.6) is 0 Å². The van der Waals surface area contributed by atoms with Crippen molar-refractivity contribution < 1.29 is 24.1 Å². The van der Waals surface area contributed by atoms with E-state index >= 15 is 0 Å². The number of pyridine rings is 1. The van der Waals surface area contributed by atoms with Crippen molar-refractivity contribution in [2.24, 2.45) is 0 Å². The summed E-state index contributed by atoms with van der Waals surface area (Å²) in [5.74, 6) is -0.592. The van der Waals surface area contributed by atoms with Gasteiger partial charge in [-0.1, -0.05) is 32.1 Å². The van der Waals surface area contributed by atoms with Gasteiger partial charge in [0.2, 0.25) is 0 Å². The molecule has 3 aromatic rings. The van der Waals surface area contributed by atoms with Crippen molar-refractivity contribution in [1.29, 1.82) is 0 Å². The number of esters is 1. The minimum atomic E-state index is -0.997. The van der Waals surface area contributed by atoms with Gasteiger partial charge in [-0.25, -0.2) is 4.39 Å². The third-order valence-corrected chi connectivity index (χ3v) is 5.32. The number of benzene rings is 1. The van der Waals surface area contributed by atoms with E-state index in [2.05, 4.69) is 18.2 Å². The molecule has 170 valence electrons. The fraction of sp³-hybridized carbons (Fsp3) is 0.346. The van der Waals surface area contributed by atoms with Gasteiger partial charge in [0.1, 0.15) is 5.82 Å². The minimum absolute atomic E-state index is 0.0194. The van der Waals surface area contributed by atoms with E-state index < -0.39 is 18.2 Å². The first kappa shape index (κ1) is 23.7. The topological polar surface area (TPSA) is 71.2 Å². The largest absolute Gasteiger partial charge is 0.466 e. The van der Waals surface area contributed by atoms with Gasteiger partial charge in [0.15, 0.2) is 0 Å². The summed E-state index contributed by atoms with van der Waals surface area (Å²) in [6, 6.07) is 12.3. The number of ether oxygens (including phenoxy) is 1. The predicted molar refractivity (Wildman–Crippen MR) is 124 cm³/mol. The van der Waals surface area contributed by atoms with Crippen LogP contribution in [0.15, 0.2) is 54.7 Å². The molecule has 0 fully saturated rings. The number of aromatic nitrogens is 1. The Hall–Kier alpha value is -2.96. The lowest BCUT2D eigenvalue weighted by molar-refractivity contribution is -0.145. The number of aliphatic hydroxyl groups excluding tert-OH is 2. The Labute approximate surface area is 187 Å². The van der Waals surface area contributed by atoms with Gasteiger partial charge in [-0.15, -0.1) is 0 Å². The van der Waals surface area contributed by atoms with Gasteiger partial charge in [-0.3, -0.25) is 4.79 Å². The molecule has 0 radical (unpaired) electrons. The van der Waals surface area contributed by atoms with Crippen LogP contribution in [0.3, 0.4) is 0 Å². The second-order valence-electron chi connectivity index (χ2n) is 8.12. The van der Waals surface area contributed by atoms with Crippen LogP contribution in [0.4, 0.5) is 4.39 Å². The summed E-state index contributed by atoms with van der Waals surface area (Å²) >= 11 is 0. The lowest BCUT2D eigenvalue weighted by Gasteiger charge is -2.13. The molecule has 32 heavy (non-hydrogen) atoms. The second-order valence-corrected chi connectivity index (χ2v) is 8.12. The van der Waals surface area contributed by atoms with Gasteiger partial charge in [-0.2, -0.15) is 0 Å². The average molecular weight is 440 g/mol. The fourth-order valence-corrected chi connectivity index (χ4v) is 3.99. The van der Waals surface area contributed by atoms with E-state index in [4.69, 9.17) is 4.74 Å². The Balaban J connectivity index is 1.97. The zero-order chi connectivity index (χ0) is 23.3. The van der Waals surface area contributed by atoms with E-state index in [1.54, 1.807) is 25.1 Å². The Bertz CT molecular complexity index is 1090. The maximum absolute atomic E-state index is 13.6. The molecule has 0 aliphatic heterocycles. The predicted octanol–water partition coefficient (Wildman–Crippen LogP) is 4.95. The highest BCUT2D eigenvalue weighted by Gasteiger charge is 2.20. The molecule has 2 N–H and O–H groups in total. The van der Waals surface area contributed by atoms with Gasteiger partial charge in [0.25, 0.3) is 0 Å². The Morgan fingerprint density at radius 3 is 2.53 bits per heavy atom. The summed E-state index contributed by atoms with van der Waals surface area (Å²) in [4.78, 5) is 11.5. The zero-order valence-electron chi connectivity index (χ0n) is 18.7. The molecule has 0 saturated heterocycles. The summed E-state index contributed by atoms with van der Waals surface area (Å²) in [5.41, 5.74) is 4.84. The first-order valence-corrected chi connectivity index (χ1v) is 10.9. The summed E-state index contributed by atoms with van der Waals surface area (Å²) < 4.78 is 20.5. The van der Waals surface area contributed by atoms with Crippen molar-refractivity contribution in [2.75, 3.05) is 6.61 Å². The smallest absolute Gasteiger partial charge is 0.308 e. The second kappa shape index (κ2) is 10.6. The molecule has 0 saturated carbocycles. The van der Waals surface area contributed by atoms with Crippen LogP contribution >= 0.6 is 0 Å². The van der Waals surface area contributed by atoms with E-state index in [-0.39, 0.29) is 31.2 Å². The Kier molecular flexibility index (Phi) is 7.83. The number of hydrogen-bond donors (Lipinski definition) is 2. The number of fused-ring (bicyclic) bond motifs is 1. The number of carbonyl (C=O) groups is 1. The van der Waals surface area contributed by atoms with Crippen molar-refractivity contribution in [2.45, 2.75) is 51.7 Å². The van der Waals surface area contributed by atoms with Crippen LogP contribution < -0.4 is 0 Å². The van der Waals surface area contributed by atoms with Crippen molar-refractivity contribution in [3.8, 4) is 11.3 Å². The fourth-order valence-electron chi connectivity index (χ4n) is 3.99. The minimum Gasteiger partial charge on any atom is -0.466 e. The molecule has 2 atom stereocenters. The van der Waals surface area contributed by atoms with Crippen LogP contribution in [0.2, 0.25) is 0 Å². The third-order valence-electron chi connectivity index (χ3n) is 5.32. The molecular weight excluding hydrogens is 409 g/mol. The molecule has 0 aliphatic carbocycles. The lowest BCUT2D eigenvalue weighted by atomic mass is 9.95. The highest BCUT2D eigenvalue weighted by atomic mass is 19.1. The quantitative estimate of drug-likeness (QED) is 0.463. The third kappa shape index (κ3) is 5.44. The highest BCUT2D eigenvalue weighted by Crippen LogP contribution is 2.37. The van der Waals surface area contributed by atoms with Crippen molar-refractivity contribution in [1.82, 2.24) is 4.40 Å². The van der Waals surface area contributed by atoms with E-state index in [9.17, 15) is 19.4 Å². The number of halogens is 1. The van der Waals surface area contributed by atoms with Crippen LogP contribution in [-0.2, 0) is 9.53 Å². The molecule has 6 heteroatoms. The molecule has 3 rings (SSSR count). The van der Waals surface area contributed by atoms with Gasteiger partial charge in [0.05, 0.1) is 30.9 Å². The molecule has 1 aromatic carbocycles. The van der Waals surface area contributed by atoms with E-state index in [0.29, 0.717) is 0 Å². The summed E-state index contributed by atoms with van der Waals surface area (Å²) in [6.45, 7) is 6.16. The maximum atomic E-state index is 13.6. The molecule has 5 nitrogen and oxygen atoms in total. The summed E-state index contributed by atoms with van der Waals surface area (Å²) in [7, 11) is 0. The zero-order valence-corrected chi connectivity index (χ0v) is 18.7. The van der Waals surface area contributed by atoms with Gasteiger partial charge in [-0.05, 0) is 60.4 Å². The summed E-state index contributed by atoms with van der Waals surface area (Å²) in [6.07, 6.45) is 3.37.